The standard InChI is InChI=1S/C31H33N3O7/c1-34(2)17-27(30(37)38)32-29(36)26(16-28(35)40-18-20-10-4-3-5-11-20)33-31(39)41-19-25-23-14-8-6-12-21(23)22-13-7-9-15-24(22)25/h3-15,25-27H,16-19H2,1-2H3,(H,32,36)(H,33,39)(H,37,38)/t26-,27?/m0/s1. The molecule has 2 amide bonds. The van der Waals surface area contributed by atoms with Crippen molar-refractivity contribution in [3.63, 3.8) is 0 Å². The van der Waals surface area contributed by atoms with Gasteiger partial charge in [-0.05, 0) is 41.9 Å². The number of amides is 2. The molecule has 3 aromatic carbocycles. The maximum absolute atomic E-state index is 13.1. The van der Waals surface area contributed by atoms with Crippen LogP contribution in [-0.2, 0) is 30.5 Å². The Hall–Kier alpha value is -4.70. The van der Waals surface area contributed by atoms with Crippen LogP contribution in [0.4, 0.5) is 4.79 Å². The molecule has 2 atom stereocenters. The summed E-state index contributed by atoms with van der Waals surface area (Å²) in [5.74, 6) is -3.04. The van der Waals surface area contributed by atoms with E-state index in [9.17, 15) is 24.3 Å². The van der Waals surface area contributed by atoms with E-state index in [1.54, 1.807) is 43.3 Å². The summed E-state index contributed by atoms with van der Waals surface area (Å²) >= 11 is 0. The minimum absolute atomic E-state index is 0.00499. The number of carboxylic acid groups (broad SMARTS) is 1. The number of benzene rings is 3. The van der Waals surface area contributed by atoms with Gasteiger partial charge in [0.2, 0.25) is 5.91 Å². The first-order valence-corrected chi connectivity index (χ1v) is 13.2. The molecule has 214 valence electrons. The van der Waals surface area contributed by atoms with Crippen molar-refractivity contribution in [1.29, 1.82) is 0 Å². The maximum atomic E-state index is 13.1. The Balaban J connectivity index is 1.43. The number of alkyl carbamates (subject to hydrolysis) is 1. The van der Waals surface area contributed by atoms with Crippen molar-refractivity contribution < 1.29 is 33.8 Å². The molecule has 1 aliphatic rings. The zero-order valence-electron chi connectivity index (χ0n) is 22.9. The summed E-state index contributed by atoms with van der Waals surface area (Å²) in [5, 5.41) is 14.4. The van der Waals surface area contributed by atoms with Gasteiger partial charge in [0.25, 0.3) is 0 Å². The molecule has 1 unspecified atom stereocenters. The molecule has 3 N–H and O–H groups in total. The van der Waals surface area contributed by atoms with Crippen LogP contribution in [0.5, 0.6) is 0 Å². The van der Waals surface area contributed by atoms with Crippen molar-refractivity contribution in [2.75, 3.05) is 27.2 Å². The molecule has 3 aromatic rings. The van der Waals surface area contributed by atoms with E-state index in [1.165, 1.54) is 0 Å². The van der Waals surface area contributed by atoms with E-state index in [1.807, 2.05) is 54.6 Å². The minimum atomic E-state index is -1.42. The van der Waals surface area contributed by atoms with Gasteiger partial charge in [-0.25, -0.2) is 9.59 Å². The first kappa shape index (κ1) is 29.3. The number of nitrogens with zero attached hydrogens (tertiary/aromatic N) is 1. The molecule has 4 rings (SSSR count). The third kappa shape index (κ3) is 7.70. The number of likely N-dealkylation sites (N-methyl/N-ethyl adjacent to an activating group) is 1. The Labute approximate surface area is 238 Å². The van der Waals surface area contributed by atoms with Gasteiger partial charge < -0.3 is 30.1 Å². The average Bonchev–Trinajstić information content (AvgIpc) is 3.28. The van der Waals surface area contributed by atoms with Crippen LogP contribution >= 0.6 is 0 Å². The van der Waals surface area contributed by atoms with Gasteiger partial charge in [0.1, 0.15) is 25.3 Å². The van der Waals surface area contributed by atoms with Gasteiger partial charge in [-0.1, -0.05) is 78.9 Å². The molecule has 1 aliphatic carbocycles. The summed E-state index contributed by atoms with van der Waals surface area (Å²) in [4.78, 5) is 51.9. The highest BCUT2D eigenvalue weighted by Crippen LogP contribution is 2.44. The van der Waals surface area contributed by atoms with Gasteiger partial charge >= 0.3 is 18.0 Å². The first-order chi connectivity index (χ1) is 19.7. The lowest BCUT2D eigenvalue weighted by Gasteiger charge is -2.23. The van der Waals surface area contributed by atoms with Crippen molar-refractivity contribution in [2.45, 2.75) is 31.0 Å². The van der Waals surface area contributed by atoms with E-state index < -0.39 is 42.4 Å². The summed E-state index contributed by atoms with van der Waals surface area (Å²) < 4.78 is 10.8. The number of fused-ring (bicyclic) bond motifs is 3. The lowest BCUT2D eigenvalue weighted by Crippen LogP contribution is -2.54. The molecular formula is C31H33N3O7. The predicted molar refractivity (Wildman–Crippen MR) is 151 cm³/mol. The third-order valence-corrected chi connectivity index (χ3v) is 6.73. The van der Waals surface area contributed by atoms with E-state index in [4.69, 9.17) is 9.47 Å². The van der Waals surface area contributed by atoms with Crippen molar-refractivity contribution in [3.8, 4) is 11.1 Å². The summed E-state index contributed by atoms with van der Waals surface area (Å²) in [6, 6.07) is 22.1. The number of carbonyl (C=O) groups excluding carboxylic acids is 3. The Morgan fingerprint density at radius 2 is 1.39 bits per heavy atom. The fourth-order valence-corrected chi connectivity index (χ4v) is 4.78. The van der Waals surface area contributed by atoms with Crippen LogP contribution in [-0.4, -0.2) is 73.3 Å². The maximum Gasteiger partial charge on any atom is 0.407 e. The van der Waals surface area contributed by atoms with E-state index in [0.29, 0.717) is 0 Å². The molecule has 0 heterocycles. The minimum Gasteiger partial charge on any atom is -0.480 e. The largest absolute Gasteiger partial charge is 0.480 e. The number of carbonyl (C=O) groups is 4. The number of rotatable bonds is 12. The molecular weight excluding hydrogens is 526 g/mol. The van der Waals surface area contributed by atoms with Crippen LogP contribution in [0, 0.1) is 0 Å². The normalized spacial score (nSPS) is 13.4. The Morgan fingerprint density at radius 1 is 0.805 bits per heavy atom. The molecule has 0 aliphatic heterocycles. The second kappa shape index (κ2) is 13.6. The van der Waals surface area contributed by atoms with Crippen molar-refractivity contribution in [3.05, 3.63) is 95.6 Å². The second-order valence-electron chi connectivity index (χ2n) is 10.0. The lowest BCUT2D eigenvalue weighted by molar-refractivity contribution is -0.147. The third-order valence-electron chi connectivity index (χ3n) is 6.73. The second-order valence-corrected chi connectivity index (χ2v) is 10.0. The number of esters is 1. The molecule has 41 heavy (non-hydrogen) atoms. The van der Waals surface area contributed by atoms with Crippen LogP contribution < -0.4 is 10.6 Å². The monoisotopic (exact) mass is 559 g/mol. The number of carboxylic acids is 1. The topological polar surface area (TPSA) is 134 Å². The molecule has 0 saturated carbocycles. The summed E-state index contributed by atoms with van der Waals surface area (Å²) in [5.41, 5.74) is 4.93. The molecule has 0 aromatic heterocycles. The zero-order valence-corrected chi connectivity index (χ0v) is 22.9. The molecule has 0 spiro atoms. The lowest BCUT2D eigenvalue weighted by atomic mass is 9.98. The number of hydrogen-bond acceptors (Lipinski definition) is 7. The van der Waals surface area contributed by atoms with E-state index in [2.05, 4.69) is 10.6 Å². The molecule has 10 nitrogen and oxygen atoms in total. The summed E-state index contributed by atoms with van der Waals surface area (Å²) in [7, 11) is 3.32. The fourth-order valence-electron chi connectivity index (χ4n) is 4.78. The molecule has 10 heteroatoms. The van der Waals surface area contributed by atoms with Gasteiger partial charge in [0, 0.05) is 12.5 Å². The zero-order chi connectivity index (χ0) is 29.4. The van der Waals surface area contributed by atoms with Crippen molar-refractivity contribution >= 4 is 23.9 Å². The summed E-state index contributed by atoms with van der Waals surface area (Å²) in [6.45, 7) is -0.000435. The SMILES string of the molecule is CN(C)CC(NC(=O)[C@H](CC(=O)OCc1ccccc1)NC(=O)OCC1c2ccccc2-c2ccccc21)C(=O)O. The van der Waals surface area contributed by atoms with Crippen molar-refractivity contribution in [2.24, 2.45) is 0 Å². The van der Waals surface area contributed by atoms with Crippen LogP contribution in [0.1, 0.15) is 29.0 Å². The van der Waals surface area contributed by atoms with E-state index >= 15 is 0 Å². The van der Waals surface area contributed by atoms with Gasteiger partial charge in [-0.15, -0.1) is 0 Å². The van der Waals surface area contributed by atoms with Crippen LogP contribution in [0.15, 0.2) is 78.9 Å². The van der Waals surface area contributed by atoms with Gasteiger partial charge in [-0.2, -0.15) is 0 Å². The molecule has 0 radical (unpaired) electrons. The number of nitrogens with one attached hydrogen (secondary N) is 2. The fraction of sp³-hybridized carbons (Fsp3) is 0.290. The highest BCUT2D eigenvalue weighted by Gasteiger charge is 2.32. The molecule has 0 fully saturated rings. The highest BCUT2D eigenvalue weighted by atomic mass is 16.5. The Bertz CT molecular complexity index is 1350. The van der Waals surface area contributed by atoms with E-state index in [-0.39, 0.29) is 25.7 Å². The Morgan fingerprint density at radius 3 is 1.98 bits per heavy atom. The number of aliphatic carboxylic acids is 1. The Kier molecular flexibility index (Phi) is 9.70. The van der Waals surface area contributed by atoms with Crippen LogP contribution in [0.3, 0.4) is 0 Å². The highest BCUT2D eigenvalue weighted by molar-refractivity contribution is 5.92. The molecule has 0 saturated heterocycles. The van der Waals surface area contributed by atoms with Gasteiger partial charge in [-0.3, -0.25) is 9.59 Å². The number of ether oxygens (including phenoxy) is 2. The first-order valence-electron chi connectivity index (χ1n) is 13.2. The van der Waals surface area contributed by atoms with Gasteiger partial charge in [0.05, 0.1) is 6.42 Å². The number of hydrogen-bond donors (Lipinski definition) is 3. The average molecular weight is 560 g/mol. The van der Waals surface area contributed by atoms with Crippen LogP contribution in [0.2, 0.25) is 0 Å². The quantitative estimate of drug-likeness (QED) is 0.288. The van der Waals surface area contributed by atoms with Crippen molar-refractivity contribution in [1.82, 2.24) is 15.5 Å². The molecule has 0 bridgehead atoms. The van der Waals surface area contributed by atoms with E-state index in [0.717, 1.165) is 27.8 Å². The predicted octanol–water partition coefficient (Wildman–Crippen LogP) is 3.16. The summed E-state index contributed by atoms with van der Waals surface area (Å²) in [6.07, 6.45) is -1.43. The smallest absolute Gasteiger partial charge is 0.407 e. The van der Waals surface area contributed by atoms with Gasteiger partial charge in [0.15, 0.2) is 0 Å². The van der Waals surface area contributed by atoms with Crippen LogP contribution in [0.25, 0.3) is 11.1 Å².